The highest BCUT2D eigenvalue weighted by Crippen LogP contribution is 2.22. The summed E-state index contributed by atoms with van der Waals surface area (Å²) in [6.07, 6.45) is 3.24. The molecular formula is C25H33N5O4. The molecule has 1 aromatic heterocycles. The number of nitrogens with two attached hydrogens (primary N) is 1. The van der Waals surface area contributed by atoms with Crippen molar-refractivity contribution >= 4 is 29.2 Å². The third-order valence-electron chi connectivity index (χ3n) is 5.83. The molecule has 0 spiro atoms. The Morgan fingerprint density at radius 1 is 1.18 bits per heavy atom. The van der Waals surface area contributed by atoms with E-state index in [1.54, 1.807) is 36.5 Å². The smallest absolute Gasteiger partial charge is 0.251 e. The maximum Gasteiger partial charge on any atom is 0.251 e. The van der Waals surface area contributed by atoms with Crippen molar-refractivity contribution in [2.24, 2.45) is 17.6 Å². The summed E-state index contributed by atoms with van der Waals surface area (Å²) in [5.74, 6) is 0.158. The number of amides is 3. The van der Waals surface area contributed by atoms with Crippen LogP contribution < -0.4 is 26.0 Å². The van der Waals surface area contributed by atoms with Gasteiger partial charge in [0.2, 0.25) is 11.8 Å². The number of anilines is 2. The number of pyridine rings is 1. The van der Waals surface area contributed by atoms with Gasteiger partial charge in [-0.05, 0) is 62.1 Å². The SMILES string of the molecule is CCOc1ccc(C(=O)NC(C(=O)Nc2ccc(N3CCCC(C(N)=O)C3)nc2)C(C)C)cc1. The molecule has 2 aromatic rings. The number of carbonyl (C=O) groups is 3. The van der Waals surface area contributed by atoms with Gasteiger partial charge in [-0.25, -0.2) is 4.98 Å². The molecule has 1 saturated heterocycles. The standard InChI is InChI=1S/C25H33N5O4/c1-4-34-20-10-7-17(8-11-20)24(32)29-22(16(2)3)25(33)28-19-9-12-21(27-14-19)30-13-5-6-18(15-30)23(26)31/h7-12,14,16,18,22H,4-6,13,15H2,1-3H3,(H2,26,31)(H,28,33)(H,29,32). The van der Waals surface area contributed by atoms with Crippen molar-refractivity contribution in [2.45, 2.75) is 39.7 Å². The summed E-state index contributed by atoms with van der Waals surface area (Å²) in [6, 6.07) is 9.64. The van der Waals surface area contributed by atoms with Gasteiger partial charge in [-0.1, -0.05) is 13.8 Å². The fourth-order valence-corrected chi connectivity index (χ4v) is 3.91. The predicted octanol–water partition coefficient (Wildman–Crippen LogP) is 2.58. The average molecular weight is 468 g/mol. The zero-order valence-electron chi connectivity index (χ0n) is 19.9. The second-order valence-electron chi connectivity index (χ2n) is 8.73. The van der Waals surface area contributed by atoms with Gasteiger partial charge in [-0.3, -0.25) is 14.4 Å². The maximum absolute atomic E-state index is 12.9. The first-order valence-electron chi connectivity index (χ1n) is 11.6. The quantitative estimate of drug-likeness (QED) is 0.520. The van der Waals surface area contributed by atoms with Crippen molar-refractivity contribution < 1.29 is 19.1 Å². The van der Waals surface area contributed by atoms with Gasteiger partial charge < -0.3 is 26.0 Å². The van der Waals surface area contributed by atoms with Gasteiger partial charge in [-0.15, -0.1) is 0 Å². The Morgan fingerprint density at radius 2 is 1.91 bits per heavy atom. The minimum absolute atomic E-state index is 0.127. The molecule has 4 N–H and O–H groups in total. The lowest BCUT2D eigenvalue weighted by atomic mass is 9.97. The molecule has 182 valence electrons. The summed E-state index contributed by atoms with van der Waals surface area (Å²) >= 11 is 0. The largest absolute Gasteiger partial charge is 0.494 e. The van der Waals surface area contributed by atoms with Crippen LogP contribution in [-0.2, 0) is 9.59 Å². The fourth-order valence-electron chi connectivity index (χ4n) is 3.91. The molecule has 1 aliphatic rings. The Balaban J connectivity index is 1.61. The van der Waals surface area contributed by atoms with Crippen LogP contribution in [0.5, 0.6) is 5.75 Å². The number of carbonyl (C=O) groups excluding carboxylic acids is 3. The van der Waals surface area contributed by atoms with E-state index in [1.807, 2.05) is 31.7 Å². The van der Waals surface area contributed by atoms with Crippen LogP contribution in [-0.4, -0.2) is 48.4 Å². The van der Waals surface area contributed by atoms with Gasteiger partial charge in [0.1, 0.15) is 17.6 Å². The molecule has 0 saturated carbocycles. The minimum atomic E-state index is -0.725. The van der Waals surface area contributed by atoms with Crippen LogP contribution in [0.15, 0.2) is 42.6 Å². The summed E-state index contributed by atoms with van der Waals surface area (Å²) in [6.45, 7) is 7.52. The van der Waals surface area contributed by atoms with Crippen LogP contribution >= 0.6 is 0 Å². The topological polar surface area (TPSA) is 127 Å². The van der Waals surface area contributed by atoms with E-state index in [1.165, 1.54) is 0 Å². The van der Waals surface area contributed by atoms with Crippen molar-refractivity contribution in [1.29, 1.82) is 0 Å². The summed E-state index contributed by atoms with van der Waals surface area (Å²) in [5.41, 5.74) is 6.43. The van der Waals surface area contributed by atoms with Crippen LogP contribution in [0.2, 0.25) is 0 Å². The van der Waals surface area contributed by atoms with Gasteiger partial charge in [0.05, 0.1) is 24.4 Å². The second-order valence-corrected chi connectivity index (χ2v) is 8.73. The van der Waals surface area contributed by atoms with Crippen LogP contribution in [0.4, 0.5) is 11.5 Å². The van der Waals surface area contributed by atoms with E-state index in [-0.39, 0.29) is 29.6 Å². The number of benzene rings is 1. The van der Waals surface area contributed by atoms with E-state index in [2.05, 4.69) is 15.6 Å². The minimum Gasteiger partial charge on any atom is -0.494 e. The maximum atomic E-state index is 12.9. The van der Waals surface area contributed by atoms with Crippen LogP contribution in [0.25, 0.3) is 0 Å². The van der Waals surface area contributed by atoms with Crippen LogP contribution in [0.3, 0.4) is 0 Å². The third kappa shape index (κ3) is 6.46. The van der Waals surface area contributed by atoms with Crippen molar-refractivity contribution in [3.63, 3.8) is 0 Å². The average Bonchev–Trinajstić information content (AvgIpc) is 2.83. The van der Waals surface area contributed by atoms with Crippen molar-refractivity contribution in [3.8, 4) is 5.75 Å². The first-order chi connectivity index (χ1) is 16.3. The van der Waals surface area contributed by atoms with Gasteiger partial charge in [0.15, 0.2) is 0 Å². The number of primary amides is 1. The van der Waals surface area contributed by atoms with E-state index in [9.17, 15) is 14.4 Å². The molecule has 0 radical (unpaired) electrons. The van der Waals surface area contributed by atoms with Crippen LogP contribution in [0, 0.1) is 11.8 Å². The lowest BCUT2D eigenvalue weighted by molar-refractivity contribution is -0.122. The number of aromatic nitrogens is 1. The summed E-state index contributed by atoms with van der Waals surface area (Å²) in [4.78, 5) is 43.6. The molecule has 1 aromatic carbocycles. The predicted molar refractivity (Wildman–Crippen MR) is 131 cm³/mol. The number of hydrogen-bond donors (Lipinski definition) is 3. The number of piperidine rings is 1. The molecule has 34 heavy (non-hydrogen) atoms. The number of ether oxygens (including phenoxy) is 1. The van der Waals surface area contributed by atoms with Gasteiger partial charge in [0, 0.05) is 18.7 Å². The van der Waals surface area contributed by atoms with E-state index >= 15 is 0 Å². The Morgan fingerprint density at radius 3 is 2.50 bits per heavy atom. The molecule has 0 bridgehead atoms. The number of rotatable bonds is 9. The number of nitrogens with zero attached hydrogens (tertiary/aromatic N) is 2. The lowest BCUT2D eigenvalue weighted by Crippen LogP contribution is -2.47. The molecule has 9 nitrogen and oxygen atoms in total. The highest BCUT2D eigenvalue weighted by molar-refractivity contribution is 6.01. The lowest BCUT2D eigenvalue weighted by Gasteiger charge is -2.32. The fraction of sp³-hybridized carbons (Fsp3) is 0.440. The van der Waals surface area contributed by atoms with E-state index < -0.39 is 6.04 Å². The van der Waals surface area contributed by atoms with Gasteiger partial charge >= 0.3 is 0 Å². The van der Waals surface area contributed by atoms with Gasteiger partial charge in [0.25, 0.3) is 5.91 Å². The normalized spacial score (nSPS) is 16.6. The highest BCUT2D eigenvalue weighted by Gasteiger charge is 2.26. The summed E-state index contributed by atoms with van der Waals surface area (Å²) in [5, 5.41) is 5.65. The molecular weight excluding hydrogens is 434 g/mol. The molecule has 3 rings (SSSR count). The monoisotopic (exact) mass is 467 g/mol. The van der Waals surface area contributed by atoms with E-state index in [4.69, 9.17) is 10.5 Å². The molecule has 2 unspecified atom stereocenters. The number of hydrogen-bond acceptors (Lipinski definition) is 6. The highest BCUT2D eigenvalue weighted by atomic mass is 16.5. The van der Waals surface area contributed by atoms with E-state index in [0.29, 0.717) is 30.2 Å². The molecule has 2 heterocycles. The summed E-state index contributed by atoms with van der Waals surface area (Å²) in [7, 11) is 0. The Bertz CT molecular complexity index is 991. The van der Waals surface area contributed by atoms with Crippen molar-refractivity contribution in [3.05, 3.63) is 48.2 Å². The Hall–Kier alpha value is -3.62. The molecule has 0 aliphatic carbocycles. The molecule has 2 atom stereocenters. The third-order valence-corrected chi connectivity index (χ3v) is 5.83. The molecule has 9 heteroatoms. The molecule has 3 amide bonds. The zero-order chi connectivity index (χ0) is 24.7. The van der Waals surface area contributed by atoms with Crippen molar-refractivity contribution in [2.75, 3.05) is 29.9 Å². The Labute approximate surface area is 200 Å². The van der Waals surface area contributed by atoms with Gasteiger partial charge in [-0.2, -0.15) is 0 Å². The van der Waals surface area contributed by atoms with E-state index in [0.717, 1.165) is 25.2 Å². The molecule has 1 fully saturated rings. The second kappa shape index (κ2) is 11.5. The first kappa shape index (κ1) is 25.0. The summed E-state index contributed by atoms with van der Waals surface area (Å²) < 4.78 is 5.40. The molecule has 1 aliphatic heterocycles. The number of nitrogens with one attached hydrogen (secondary N) is 2. The van der Waals surface area contributed by atoms with Crippen molar-refractivity contribution in [1.82, 2.24) is 10.3 Å². The first-order valence-corrected chi connectivity index (χ1v) is 11.6. The Kier molecular flexibility index (Phi) is 8.45. The van der Waals surface area contributed by atoms with Crippen LogP contribution in [0.1, 0.15) is 44.0 Å². The zero-order valence-corrected chi connectivity index (χ0v) is 19.9.